The fourth-order valence-corrected chi connectivity index (χ4v) is 2.41. The van der Waals surface area contributed by atoms with E-state index in [0.29, 0.717) is 6.61 Å². The Bertz CT molecular complexity index is 477. The van der Waals surface area contributed by atoms with Crippen LogP contribution in [0.15, 0.2) is 18.2 Å². The van der Waals surface area contributed by atoms with Crippen LogP contribution in [-0.4, -0.2) is 31.7 Å². The fraction of sp³-hybridized carbons (Fsp3) is 0.588. The van der Waals surface area contributed by atoms with Crippen molar-refractivity contribution in [2.24, 2.45) is 0 Å². The van der Waals surface area contributed by atoms with Crippen LogP contribution in [0.4, 0.5) is 0 Å². The lowest BCUT2D eigenvalue weighted by Crippen LogP contribution is -2.25. The fourth-order valence-electron chi connectivity index (χ4n) is 2.41. The molecule has 110 valence electrons. The molecule has 0 unspecified atom stereocenters. The van der Waals surface area contributed by atoms with Crippen LogP contribution in [0.2, 0.25) is 0 Å². The van der Waals surface area contributed by atoms with E-state index in [1.165, 1.54) is 17.5 Å². The number of hydrogen-bond donors (Lipinski definition) is 0. The van der Waals surface area contributed by atoms with E-state index in [2.05, 4.69) is 6.07 Å². The average Bonchev–Trinajstić information content (AvgIpc) is 2.90. The van der Waals surface area contributed by atoms with E-state index in [-0.39, 0.29) is 18.0 Å². The summed E-state index contributed by atoms with van der Waals surface area (Å²) in [6, 6.07) is 6.05. The molecule has 0 fully saturated rings. The molecule has 0 N–H and O–H groups in total. The molecule has 3 heteroatoms. The second kappa shape index (κ2) is 6.51. The molecular formula is C17H24O3. The van der Waals surface area contributed by atoms with E-state index in [4.69, 9.17) is 9.47 Å². The van der Waals surface area contributed by atoms with Crippen LogP contribution in [0.5, 0.6) is 0 Å². The molecule has 0 saturated carbocycles. The largest absolute Gasteiger partial charge is 0.379 e. The van der Waals surface area contributed by atoms with Gasteiger partial charge in [-0.15, -0.1) is 0 Å². The molecule has 0 saturated heterocycles. The van der Waals surface area contributed by atoms with Crippen molar-refractivity contribution in [1.82, 2.24) is 0 Å². The Morgan fingerprint density at radius 1 is 1.25 bits per heavy atom. The number of rotatable bonds is 7. The van der Waals surface area contributed by atoms with Gasteiger partial charge >= 0.3 is 0 Å². The number of carbonyl (C=O) groups is 1. The Morgan fingerprint density at radius 2 is 2.00 bits per heavy atom. The molecule has 0 aliphatic heterocycles. The lowest BCUT2D eigenvalue weighted by molar-refractivity contribution is -0.00837. The second-order valence-corrected chi connectivity index (χ2v) is 6.03. The predicted molar refractivity (Wildman–Crippen MR) is 79.3 cm³/mol. The SMILES string of the molecule is COC(C)(C)CCOCC(=O)c1ccc2c(c1)CCC2. The Balaban J connectivity index is 1.81. The minimum atomic E-state index is -0.198. The smallest absolute Gasteiger partial charge is 0.188 e. The molecule has 0 radical (unpaired) electrons. The van der Waals surface area contributed by atoms with Gasteiger partial charge in [-0.3, -0.25) is 4.79 Å². The van der Waals surface area contributed by atoms with Crippen molar-refractivity contribution in [2.45, 2.75) is 45.1 Å². The van der Waals surface area contributed by atoms with Gasteiger partial charge in [0, 0.05) is 19.3 Å². The summed E-state index contributed by atoms with van der Waals surface area (Å²) in [5, 5.41) is 0. The molecule has 0 amide bonds. The zero-order valence-electron chi connectivity index (χ0n) is 12.7. The van der Waals surface area contributed by atoms with Gasteiger partial charge in [-0.05, 0) is 56.7 Å². The Morgan fingerprint density at radius 3 is 2.75 bits per heavy atom. The summed E-state index contributed by atoms with van der Waals surface area (Å²) in [7, 11) is 1.69. The monoisotopic (exact) mass is 276 g/mol. The molecular weight excluding hydrogens is 252 g/mol. The highest BCUT2D eigenvalue weighted by atomic mass is 16.5. The van der Waals surface area contributed by atoms with Gasteiger partial charge in [-0.2, -0.15) is 0 Å². The van der Waals surface area contributed by atoms with Crippen LogP contribution in [0, 0.1) is 0 Å². The van der Waals surface area contributed by atoms with Crippen molar-refractivity contribution in [3.05, 3.63) is 34.9 Å². The third-order valence-corrected chi connectivity index (χ3v) is 4.05. The zero-order valence-corrected chi connectivity index (χ0v) is 12.7. The number of benzene rings is 1. The predicted octanol–water partition coefficient (Wildman–Crippen LogP) is 3.19. The zero-order chi connectivity index (χ0) is 14.6. The summed E-state index contributed by atoms with van der Waals surface area (Å²) >= 11 is 0. The third-order valence-electron chi connectivity index (χ3n) is 4.05. The normalized spacial score (nSPS) is 14.3. The number of ether oxygens (including phenoxy) is 2. The first kappa shape index (κ1) is 15.2. The summed E-state index contributed by atoms with van der Waals surface area (Å²) in [5.74, 6) is 0.0647. The summed E-state index contributed by atoms with van der Waals surface area (Å²) in [4.78, 5) is 12.1. The van der Waals surface area contributed by atoms with Gasteiger partial charge in [0.2, 0.25) is 0 Å². The van der Waals surface area contributed by atoms with E-state index in [9.17, 15) is 4.79 Å². The number of Topliss-reactive ketones (excluding diaryl/α,β-unsaturated/α-hetero) is 1. The Labute approximate surface area is 121 Å². The molecule has 0 aromatic heterocycles. The minimum Gasteiger partial charge on any atom is -0.379 e. The number of ketones is 1. The second-order valence-electron chi connectivity index (χ2n) is 6.03. The number of carbonyl (C=O) groups excluding carboxylic acids is 1. The topological polar surface area (TPSA) is 35.5 Å². The van der Waals surface area contributed by atoms with Gasteiger partial charge < -0.3 is 9.47 Å². The van der Waals surface area contributed by atoms with Crippen LogP contribution < -0.4 is 0 Å². The molecule has 0 spiro atoms. The molecule has 0 atom stereocenters. The maximum absolute atomic E-state index is 12.1. The molecule has 1 aliphatic carbocycles. The van der Waals surface area contributed by atoms with Gasteiger partial charge in [0.05, 0.1) is 5.60 Å². The first-order valence-corrected chi connectivity index (χ1v) is 7.30. The maximum Gasteiger partial charge on any atom is 0.188 e. The third kappa shape index (κ3) is 3.90. The first-order chi connectivity index (χ1) is 9.52. The highest BCUT2D eigenvalue weighted by Crippen LogP contribution is 2.23. The van der Waals surface area contributed by atoms with Gasteiger partial charge in [0.1, 0.15) is 6.61 Å². The van der Waals surface area contributed by atoms with Crippen molar-refractivity contribution < 1.29 is 14.3 Å². The summed E-state index contributed by atoms with van der Waals surface area (Å²) < 4.78 is 10.8. The molecule has 0 bridgehead atoms. The Hall–Kier alpha value is -1.19. The van der Waals surface area contributed by atoms with E-state index in [1.54, 1.807) is 7.11 Å². The Kier molecular flexibility index (Phi) is 4.95. The van der Waals surface area contributed by atoms with Crippen molar-refractivity contribution >= 4 is 5.78 Å². The average molecular weight is 276 g/mol. The molecule has 20 heavy (non-hydrogen) atoms. The highest BCUT2D eigenvalue weighted by Gasteiger charge is 2.17. The first-order valence-electron chi connectivity index (χ1n) is 7.30. The van der Waals surface area contributed by atoms with Crippen molar-refractivity contribution in [1.29, 1.82) is 0 Å². The lowest BCUT2D eigenvalue weighted by Gasteiger charge is -2.22. The van der Waals surface area contributed by atoms with Crippen LogP contribution in [0.3, 0.4) is 0 Å². The molecule has 2 rings (SSSR count). The summed E-state index contributed by atoms with van der Waals surface area (Å²) in [5.41, 5.74) is 3.30. The van der Waals surface area contributed by atoms with Crippen LogP contribution >= 0.6 is 0 Å². The van der Waals surface area contributed by atoms with Gasteiger partial charge in [-0.25, -0.2) is 0 Å². The van der Waals surface area contributed by atoms with Crippen LogP contribution in [0.1, 0.15) is 48.2 Å². The number of methoxy groups -OCH3 is 1. The minimum absolute atomic E-state index is 0.0647. The van der Waals surface area contributed by atoms with Crippen molar-refractivity contribution in [2.75, 3.05) is 20.3 Å². The van der Waals surface area contributed by atoms with Crippen LogP contribution in [-0.2, 0) is 22.3 Å². The van der Waals surface area contributed by atoms with Crippen molar-refractivity contribution in [3.8, 4) is 0 Å². The van der Waals surface area contributed by atoms with E-state index in [0.717, 1.165) is 24.8 Å². The van der Waals surface area contributed by atoms with E-state index in [1.807, 2.05) is 26.0 Å². The molecule has 3 nitrogen and oxygen atoms in total. The van der Waals surface area contributed by atoms with E-state index < -0.39 is 0 Å². The summed E-state index contributed by atoms with van der Waals surface area (Å²) in [6.07, 6.45) is 4.22. The summed E-state index contributed by atoms with van der Waals surface area (Å²) in [6.45, 7) is 4.72. The van der Waals surface area contributed by atoms with E-state index >= 15 is 0 Å². The van der Waals surface area contributed by atoms with Crippen molar-refractivity contribution in [3.63, 3.8) is 0 Å². The molecule has 1 aromatic carbocycles. The number of aryl methyl sites for hydroxylation is 2. The van der Waals surface area contributed by atoms with Gasteiger partial charge in [0.25, 0.3) is 0 Å². The van der Waals surface area contributed by atoms with Crippen LogP contribution in [0.25, 0.3) is 0 Å². The number of hydrogen-bond acceptors (Lipinski definition) is 3. The lowest BCUT2D eigenvalue weighted by atomic mass is 10.0. The molecule has 1 aromatic rings. The molecule has 0 heterocycles. The standard InChI is InChI=1S/C17H24O3/c1-17(2,19-3)9-10-20-12-16(18)15-8-7-13-5-4-6-14(13)11-15/h7-8,11H,4-6,9-10,12H2,1-3H3. The maximum atomic E-state index is 12.1. The van der Waals surface area contributed by atoms with Gasteiger partial charge in [-0.1, -0.05) is 12.1 Å². The quantitative estimate of drug-likeness (QED) is 0.567. The van der Waals surface area contributed by atoms with Gasteiger partial charge in [0.15, 0.2) is 5.78 Å². The molecule has 1 aliphatic rings. The highest BCUT2D eigenvalue weighted by molar-refractivity contribution is 5.97. The number of fused-ring (bicyclic) bond motifs is 1.